The Balaban J connectivity index is 2.40. The third-order valence-corrected chi connectivity index (χ3v) is 6.78. The molecule has 0 bridgehead atoms. The van der Waals surface area contributed by atoms with Crippen molar-refractivity contribution in [2.24, 2.45) is 5.92 Å². The van der Waals surface area contributed by atoms with E-state index in [-0.39, 0.29) is 0 Å². The van der Waals surface area contributed by atoms with E-state index in [2.05, 4.69) is 41.6 Å². The highest BCUT2D eigenvalue weighted by atomic mass is 127. The van der Waals surface area contributed by atoms with Crippen LogP contribution in [-0.2, 0) is 0 Å². The molecule has 0 amide bonds. The first-order valence-electron chi connectivity index (χ1n) is 6.44. The molecule has 0 aliphatic carbocycles. The Morgan fingerprint density at radius 3 is 2.94 bits per heavy atom. The summed E-state index contributed by atoms with van der Waals surface area (Å²) in [4.78, 5) is 1.30. The van der Waals surface area contributed by atoms with Gasteiger partial charge in [0.1, 0.15) is 0 Å². The topological polar surface area (TPSA) is 26.0 Å². The van der Waals surface area contributed by atoms with E-state index in [4.69, 9.17) is 18.4 Å². The number of benzene rings is 1. The van der Waals surface area contributed by atoms with Crippen LogP contribution in [0.15, 0.2) is 23.1 Å². The van der Waals surface area contributed by atoms with Crippen molar-refractivity contribution in [3.63, 3.8) is 0 Å². The number of hydrogen-bond acceptors (Lipinski definition) is 3. The number of nitrogens with two attached hydrogens (primary N) is 1. The Hall–Kier alpha value is 0.450. The summed E-state index contributed by atoms with van der Waals surface area (Å²) in [6.07, 6.45) is 3.85. The van der Waals surface area contributed by atoms with Gasteiger partial charge in [0.15, 0.2) is 0 Å². The van der Waals surface area contributed by atoms with E-state index in [1.165, 1.54) is 35.5 Å². The lowest BCUT2D eigenvalue weighted by atomic mass is 9.91. The summed E-state index contributed by atoms with van der Waals surface area (Å²) in [5, 5.41) is 0.435. The number of fused-ring (bicyclic) bond motifs is 1. The second kappa shape index (κ2) is 6.75. The molecule has 100 valence electrons. The van der Waals surface area contributed by atoms with Crippen LogP contribution < -0.4 is 5.73 Å². The van der Waals surface area contributed by atoms with E-state index in [1.807, 2.05) is 17.8 Å². The van der Waals surface area contributed by atoms with Crippen molar-refractivity contribution in [1.29, 1.82) is 0 Å². The first-order valence-corrected chi connectivity index (χ1v) is 9.19. The van der Waals surface area contributed by atoms with Crippen molar-refractivity contribution in [1.82, 2.24) is 0 Å². The monoisotopic (exact) mass is 393 g/mol. The van der Waals surface area contributed by atoms with E-state index < -0.39 is 0 Å². The predicted molar refractivity (Wildman–Crippen MR) is 94.1 cm³/mol. The third-order valence-electron chi connectivity index (χ3n) is 3.55. The molecule has 1 heterocycles. The van der Waals surface area contributed by atoms with Crippen LogP contribution in [0.3, 0.4) is 0 Å². The second-order valence-corrected chi connectivity index (χ2v) is 8.18. The molecule has 0 radical (unpaired) electrons. The Morgan fingerprint density at radius 1 is 1.44 bits per heavy atom. The van der Waals surface area contributed by atoms with Gasteiger partial charge in [0.2, 0.25) is 0 Å². The number of thioether (sulfide) groups is 1. The molecule has 3 atom stereocenters. The molecule has 4 heteroatoms. The van der Waals surface area contributed by atoms with Crippen LogP contribution in [0.25, 0.3) is 0 Å². The molecule has 0 aromatic heterocycles. The van der Waals surface area contributed by atoms with Crippen LogP contribution in [-0.4, -0.2) is 11.0 Å². The summed E-state index contributed by atoms with van der Waals surface area (Å²) in [6, 6.07) is 6.34. The fourth-order valence-corrected chi connectivity index (χ4v) is 5.99. The number of hydrogen-bond donors (Lipinski definition) is 2. The van der Waals surface area contributed by atoms with Crippen LogP contribution in [0.4, 0.5) is 5.69 Å². The average Bonchev–Trinajstić information content (AvgIpc) is 2.40. The molecule has 1 aromatic rings. The molecule has 0 saturated carbocycles. The van der Waals surface area contributed by atoms with Crippen LogP contribution in [0.2, 0.25) is 0 Å². The predicted octanol–water partition coefficient (Wildman–Crippen LogP) is 4.96. The maximum atomic E-state index is 6.15. The minimum Gasteiger partial charge on any atom is -0.398 e. The van der Waals surface area contributed by atoms with E-state index in [1.54, 1.807) is 0 Å². The highest BCUT2D eigenvalue weighted by Crippen LogP contribution is 2.45. The zero-order valence-electron chi connectivity index (χ0n) is 10.6. The Morgan fingerprint density at radius 2 is 2.22 bits per heavy atom. The van der Waals surface area contributed by atoms with E-state index in [0.717, 1.165) is 5.69 Å². The van der Waals surface area contributed by atoms with Crippen molar-refractivity contribution in [2.45, 2.75) is 40.3 Å². The van der Waals surface area contributed by atoms with E-state index in [0.29, 0.717) is 15.1 Å². The first-order chi connectivity index (χ1) is 8.61. The number of nitrogen functional groups attached to an aromatic ring is 1. The maximum absolute atomic E-state index is 6.15. The fourth-order valence-electron chi connectivity index (χ4n) is 2.48. The maximum Gasteiger partial charge on any atom is 0.0455 e. The molecular formula is C14H20INS2. The minimum atomic E-state index is 0.435. The molecule has 2 rings (SSSR count). The van der Waals surface area contributed by atoms with Gasteiger partial charge in [-0.25, -0.2) is 0 Å². The smallest absolute Gasteiger partial charge is 0.0455 e. The molecule has 1 aromatic carbocycles. The standard InChI is InChI=1S/C14H20INS2/c1-9(17)10-5-2-3-8-18-14-11(13(10)15)6-4-7-12(14)16/h4,6-7,9-10,13,17H,2-3,5,8,16H2,1H3. The molecule has 1 aliphatic heterocycles. The number of anilines is 1. The summed E-state index contributed by atoms with van der Waals surface area (Å²) in [5.41, 5.74) is 8.50. The van der Waals surface area contributed by atoms with Crippen molar-refractivity contribution < 1.29 is 0 Å². The molecule has 3 unspecified atom stereocenters. The third kappa shape index (κ3) is 3.31. The summed E-state index contributed by atoms with van der Waals surface area (Å²) in [5.74, 6) is 1.81. The molecule has 1 aliphatic rings. The zero-order valence-corrected chi connectivity index (χ0v) is 14.5. The average molecular weight is 393 g/mol. The lowest BCUT2D eigenvalue weighted by Crippen LogP contribution is -2.17. The Bertz CT molecular complexity index is 409. The summed E-state index contributed by atoms with van der Waals surface area (Å²) in [6.45, 7) is 2.22. The van der Waals surface area contributed by atoms with Gasteiger partial charge in [0.05, 0.1) is 0 Å². The lowest BCUT2D eigenvalue weighted by molar-refractivity contribution is 0.464. The summed E-state index contributed by atoms with van der Waals surface area (Å²) >= 11 is 9.20. The number of halogens is 1. The Labute approximate surface area is 133 Å². The van der Waals surface area contributed by atoms with Gasteiger partial charge in [-0.1, -0.05) is 48.1 Å². The highest BCUT2D eigenvalue weighted by Gasteiger charge is 2.27. The molecule has 0 fully saturated rings. The first kappa shape index (κ1) is 14.9. The van der Waals surface area contributed by atoms with Crippen molar-refractivity contribution >= 4 is 52.7 Å². The van der Waals surface area contributed by atoms with Crippen molar-refractivity contribution in [3.05, 3.63) is 23.8 Å². The molecule has 18 heavy (non-hydrogen) atoms. The van der Waals surface area contributed by atoms with Crippen molar-refractivity contribution in [2.75, 3.05) is 11.5 Å². The second-order valence-electron chi connectivity index (χ2n) is 4.92. The minimum absolute atomic E-state index is 0.435. The lowest BCUT2D eigenvalue weighted by Gasteiger charge is -2.26. The fraction of sp³-hybridized carbons (Fsp3) is 0.571. The van der Waals surface area contributed by atoms with Gasteiger partial charge in [0, 0.05) is 19.8 Å². The number of rotatable bonds is 1. The SMILES string of the molecule is CC(S)C1CCCCSc2c(N)cccc2C1I. The van der Waals surface area contributed by atoms with Gasteiger partial charge in [-0.3, -0.25) is 0 Å². The van der Waals surface area contributed by atoms with Gasteiger partial charge < -0.3 is 5.73 Å². The molecule has 0 saturated heterocycles. The van der Waals surface area contributed by atoms with Crippen LogP contribution in [0, 0.1) is 5.92 Å². The number of alkyl halides is 1. The molecule has 0 spiro atoms. The highest BCUT2D eigenvalue weighted by molar-refractivity contribution is 14.1. The van der Waals surface area contributed by atoms with Gasteiger partial charge in [-0.05, 0) is 36.1 Å². The van der Waals surface area contributed by atoms with E-state index in [9.17, 15) is 0 Å². The van der Waals surface area contributed by atoms with Crippen LogP contribution in [0.5, 0.6) is 0 Å². The van der Waals surface area contributed by atoms with Crippen LogP contribution >= 0.6 is 47.0 Å². The van der Waals surface area contributed by atoms with Gasteiger partial charge in [0.25, 0.3) is 0 Å². The van der Waals surface area contributed by atoms with Crippen molar-refractivity contribution in [3.8, 4) is 0 Å². The summed E-state index contributed by atoms with van der Waals surface area (Å²) < 4.78 is 0.513. The van der Waals surface area contributed by atoms with E-state index >= 15 is 0 Å². The Kier molecular flexibility index (Phi) is 5.57. The van der Waals surface area contributed by atoms with Gasteiger partial charge >= 0.3 is 0 Å². The number of thiol groups is 1. The molecular weight excluding hydrogens is 373 g/mol. The van der Waals surface area contributed by atoms with Gasteiger partial charge in [-0.2, -0.15) is 12.6 Å². The van der Waals surface area contributed by atoms with Crippen LogP contribution in [0.1, 0.15) is 35.7 Å². The largest absolute Gasteiger partial charge is 0.398 e. The molecule has 2 N–H and O–H groups in total. The normalized spacial score (nSPS) is 26.6. The molecule has 1 nitrogen and oxygen atoms in total. The zero-order chi connectivity index (χ0) is 13.1. The summed E-state index contributed by atoms with van der Waals surface area (Å²) in [7, 11) is 0. The quantitative estimate of drug-likeness (QED) is 0.305. The van der Waals surface area contributed by atoms with Gasteiger partial charge in [-0.15, -0.1) is 11.8 Å².